The topological polar surface area (TPSA) is 54.0 Å². The van der Waals surface area contributed by atoms with E-state index >= 15 is 0 Å². The number of nitrogens with zero attached hydrogens (tertiary/aromatic N) is 1. The number of thiazole rings is 1. The molecule has 0 bridgehead atoms. The summed E-state index contributed by atoms with van der Waals surface area (Å²) < 4.78 is 0. The number of nitrogens with one attached hydrogen (secondary N) is 2. The van der Waals surface area contributed by atoms with E-state index in [-0.39, 0.29) is 6.03 Å². The maximum atomic E-state index is 11.8. The molecule has 0 fully saturated rings. The van der Waals surface area contributed by atoms with E-state index in [1.54, 1.807) is 11.3 Å². The second kappa shape index (κ2) is 7.22. The summed E-state index contributed by atoms with van der Waals surface area (Å²) in [4.78, 5) is 16.2. The minimum absolute atomic E-state index is 0.172. The number of amides is 2. The largest absolute Gasteiger partial charge is 0.334 e. The molecule has 2 N–H and O–H groups in total. The standard InChI is InChI=1S/C16H21N3OS/c1-11(2)15-19-14(10-21-15)9-18-16(20)17-8-13-6-4-12(3)5-7-13/h4-7,10-11H,8-9H2,1-3H3,(H2,17,18,20). The number of aromatic nitrogens is 1. The van der Waals surface area contributed by atoms with Gasteiger partial charge in [0.2, 0.25) is 0 Å². The molecule has 0 radical (unpaired) electrons. The highest BCUT2D eigenvalue weighted by Crippen LogP contribution is 2.18. The highest BCUT2D eigenvalue weighted by molar-refractivity contribution is 7.09. The summed E-state index contributed by atoms with van der Waals surface area (Å²) in [5.41, 5.74) is 3.22. The van der Waals surface area contributed by atoms with Crippen LogP contribution in [0.3, 0.4) is 0 Å². The second-order valence-electron chi connectivity index (χ2n) is 5.35. The number of benzene rings is 1. The van der Waals surface area contributed by atoms with Crippen molar-refractivity contribution >= 4 is 17.4 Å². The lowest BCUT2D eigenvalue weighted by Crippen LogP contribution is -2.34. The molecule has 1 heterocycles. The third-order valence-electron chi connectivity index (χ3n) is 3.07. The smallest absolute Gasteiger partial charge is 0.315 e. The van der Waals surface area contributed by atoms with Gasteiger partial charge in [-0.05, 0) is 12.5 Å². The number of carbonyl (C=O) groups is 1. The van der Waals surface area contributed by atoms with Crippen molar-refractivity contribution in [1.82, 2.24) is 15.6 Å². The molecule has 1 aromatic carbocycles. The predicted octanol–water partition coefficient (Wildman–Crippen LogP) is 3.57. The van der Waals surface area contributed by atoms with Gasteiger partial charge in [-0.25, -0.2) is 9.78 Å². The fourth-order valence-corrected chi connectivity index (χ4v) is 2.63. The average Bonchev–Trinajstić information content (AvgIpc) is 2.93. The van der Waals surface area contributed by atoms with Crippen molar-refractivity contribution in [3.63, 3.8) is 0 Å². The Morgan fingerprint density at radius 2 is 1.86 bits per heavy atom. The molecule has 2 aromatic rings. The second-order valence-corrected chi connectivity index (χ2v) is 6.24. The van der Waals surface area contributed by atoms with Crippen molar-refractivity contribution in [3.05, 3.63) is 51.5 Å². The summed E-state index contributed by atoms with van der Waals surface area (Å²) in [6.45, 7) is 7.27. The molecule has 5 heteroatoms. The molecule has 2 amide bonds. The molecule has 112 valence electrons. The molecular weight excluding hydrogens is 282 g/mol. The maximum Gasteiger partial charge on any atom is 0.315 e. The van der Waals surface area contributed by atoms with Gasteiger partial charge in [0.25, 0.3) is 0 Å². The zero-order valence-corrected chi connectivity index (χ0v) is 13.5. The van der Waals surface area contributed by atoms with Gasteiger partial charge in [0, 0.05) is 17.8 Å². The molecule has 0 aliphatic heterocycles. The van der Waals surface area contributed by atoms with Gasteiger partial charge < -0.3 is 10.6 Å². The molecule has 4 nitrogen and oxygen atoms in total. The molecule has 21 heavy (non-hydrogen) atoms. The highest BCUT2D eigenvalue weighted by Gasteiger charge is 2.07. The molecular formula is C16H21N3OS. The van der Waals surface area contributed by atoms with Crippen LogP contribution in [0.15, 0.2) is 29.6 Å². The molecule has 0 spiro atoms. The minimum Gasteiger partial charge on any atom is -0.334 e. The number of rotatable bonds is 5. The Balaban J connectivity index is 1.75. The molecule has 0 saturated heterocycles. The summed E-state index contributed by atoms with van der Waals surface area (Å²) in [6, 6.07) is 7.94. The lowest BCUT2D eigenvalue weighted by molar-refractivity contribution is 0.240. The van der Waals surface area contributed by atoms with Crippen molar-refractivity contribution in [2.45, 2.75) is 39.8 Å². The van der Waals surface area contributed by atoms with E-state index in [9.17, 15) is 4.79 Å². The first-order valence-corrected chi connectivity index (χ1v) is 7.94. The van der Waals surface area contributed by atoms with Crippen LogP contribution in [0.5, 0.6) is 0 Å². The average molecular weight is 303 g/mol. The van der Waals surface area contributed by atoms with E-state index in [0.29, 0.717) is 19.0 Å². The Morgan fingerprint density at radius 1 is 1.19 bits per heavy atom. The van der Waals surface area contributed by atoms with E-state index in [2.05, 4.69) is 29.5 Å². The van der Waals surface area contributed by atoms with E-state index in [1.807, 2.05) is 36.6 Å². The molecule has 0 unspecified atom stereocenters. The van der Waals surface area contributed by atoms with Gasteiger partial charge in [-0.1, -0.05) is 43.7 Å². The van der Waals surface area contributed by atoms with Crippen molar-refractivity contribution in [3.8, 4) is 0 Å². The lowest BCUT2D eigenvalue weighted by Gasteiger charge is -2.07. The zero-order valence-electron chi connectivity index (χ0n) is 12.6. The van der Waals surface area contributed by atoms with Crippen molar-refractivity contribution in [2.75, 3.05) is 0 Å². The van der Waals surface area contributed by atoms with Crippen molar-refractivity contribution < 1.29 is 4.79 Å². The Hall–Kier alpha value is -1.88. The lowest BCUT2D eigenvalue weighted by atomic mass is 10.1. The van der Waals surface area contributed by atoms with Gasteiger partial charge in [0.1, 0.15) is 0 Å². The molecule has 0 atom stereocenters. The van der Waals surface area contributed by atoms with Gasteiger partial charge in [0.15, 0.2) is 0 Å². The van der Waals surface area contributed by atoms with Crippen LogP contribution in [-0.4, -0.2) is 11.0 Å². The first-order valence-electron chi connectivity index (χ1n) is 7.06. The Bertz CT molecular complexity index is 590. The van der Waals surface area contributed by atoms with Crippen molar-refractivity contribution in [1.29, 1.82) is 0 Å². The van der Waals surface area contributed by atoms with Gasteiger partial charge >= 0.3 is 6.03 Å². The van der Waals surface area contributed by atoms with Crippen LogP contribution in [0.25, 0.3) is 0 Å². The first kappa shape index (κ1) is 15.5. The number of aryl methyl sites for hydroxylation is 1. The third-order valence-corrected chi connectivity index (χ3v) is 4.26. The van der Waals surface area contributed by atoms with Gasteiger partial charge in [-0.3, -0.25) is 0 Å². The zero-order chi connectivity index (χ0) is 15.2. The Morgan fingerprint density at radius 3 is 2.48 bits per heavy atom. The van der Waals surface area contributed by atoms with Gasteiger partial charge in [-0.2, -0.15) is 0 Å². The summed E-state index contributed by atoms with van der Waals surface area (Å²) in [6.07, 6.45) is 0. The summed E-state index contributed by atoms with van der Waals surface area (Å²) in [5, 5.41) is 8.77. The monoisotopic (exact) mass is 303 g/mol. The third kappa shape index (κ3) is 4.86. The maximum absolute atomic E-state index is 11.8. The quantitative estimate of drug-likeness (QED) is 0.887. The molecule has 1 aromatic heterocycles. The predicted molar refractivity (Wildman–Crippen MR) is 86.5 cm³/mol. The summed E-state index contributed by atoms with van der Waals surface area (Å²) >= 11 is 1.64. The van der Waals surface area contributed by atoms with E-state index in [1.165, 1.54) is 5.56 Å². The first-order chi connectivity index (χ1) is 10.0. The summed E-state index contributed by atoms with van der Waals surface area (Å²) in [5.74, 6) is 0.430. The Kier molecular flexibility index (Phi) is 5.33. The van der Waals surface area contributed by atoms with E-state index in [4.69, 9.17) is 0 Å². The number of urea groups is 1. The van der Waals surface area contributed by atoms with Crippen LogP contribution >= 0.6 is 11.3 Å². The van der Waals surface area contributed by atoms with Gasteiger partial charge in [0.05, 0.1) is 17.2 Å². The summed E-state index contributed by atoms with van der Waals surface area (Å²) in [7, 11) is 0. The van der Waals surface area contributed by atoms with E-state index in [0.717, 1.165) is 16.3 Å². The normalized spacial score (nSPS) is 10.7. The van der Waals surface area contributed by atoms with Crippen LogP contribution in [0.2, 0.25) is 0 Å². The fraction of sp³-hybridized carbons (Fsp3) is 0.375. The van der Waals surface area contributed by atoms with Crippen molar-refractivity contribution in [2.24, 2.45) is 0 Å². The van der Waals surface area contributed by atoms with Gasteiger partial charge in [-0.15, -0.1) is 11.3 Å². The van der Waals surface area contributed by atoms with Crippen LogP contribution in [-0.2, 0) is 13.1 Å². The molecule has 0 aliphatic carbocycles. The molecule has 0 saturated carbocycles. The number of hydrogen-bond donors (Lipinski definition) is 2. The molecule has 0 aliphatic rings. The number of carbonyl (C=O) groups excluding carboxylic acids is 1. The highest BCUT2D eigenvalue weighted by atomic mass is 32.1. The Labute approximate surface area is 129 Å². The van der Waals surface area contributed by atoms with Crippen LogP contribution in [0.1, 0.15) is 41.6 Å². The molecule has 2 rings (SSSR count). The minimum atomic E-state index is -0.172. The van der Waals surface area contributed by atoms with Crippen LogP contribution in [0, 0.1) is 6.92 Å². The SMILES string of the molecule is Cc1ccc(CNC(=O)NCc2csc(C(C)C)n2)cc1. The van der Waals surface area contributed by atoms with Crippen LogP contribution in [0.4, 0.5) is 4.79 Å². The number of hydrogen-bond acceptors (Lipinski definition) is 3. The van der Waals surface area contributed by atoms with E-state index < -0.39 is 0 Å². The van der Waals surface area contributed by atoms with Crippen LogP contribution < -0.4 is 10.6 Å². The fourth-order valence-electron chi connectivity index (χ4n) is 1.79.